The zero-order valence-electron chi connectivity index (χ0n) is 12.1. The van der Waals surface area contributed by atoms with E-state index >= 15 is 0 Å². The van der Waals surface area contributed by atoms with Gasteiger partial charge in [-0.2, -0.15) is 0 Å². The smallest absolute Gasteiger partial charge is 0.119 e. The van der Waals surface area contributed by atoms with E-state index in [4.69, 9.17) is 9.47 Å². The van der Waals surface area contributed by atoms with E-state index in [1.54, 1.807) is 7.11 Å². The highest BCUT2D eigenvalue weighted by atomic mass is 16.5. The van der Waals surface area contributed by atoms with Crippen LogP contribution in [-0.4, -0.2) is 13.7 Å². The summed E-state index contributed by atoms with van der Waals surface area (Å²) in [6.45, 7) is 4.10. The van der Waals surface area contributed by atoms with Crippen LogP contribution in [0.15, 0.2) is 48.5 Å². The standard InChI is InChI=1S/C17H21NO2/c1-3-20-17-10-8-16(9-11-17)18-12-14-6-4-5-7-15(14)13-19-2/h4-11,18H,3,12-13H2,1-2H3. The molecule has 0 radical (unpaired) electrons. The molecule has 0 bridgehead atoms. The number of anilines is 1. The number of methoxy groups -OCH3 is 1. The maximum absolute atomic E-state index is 5.43. The zero-order valence-corrected chi connectivity index (χ0v) is 12.1. The van der Waals surface area contributed by atoms with Gasteiger partial charge in [-0.1, -0.05) is 24.3 Å². The van der Waals surface area contributed by atoms with Crippen LogP contribution in [-0.2, 0) is 17.9 Å². The van der Waals surface area contributed by atoms with Crippen molar-refractivity contribution in [2.45, 2.75) is 20.1 Å². The molecule has 0 aliphatic heterocycles. The molecular formula is C17H21NO2. The minimum Gasteiger partial charge on any atom is -0.494 e. The van der Waals surface area contributed by atoms with Crippen molar-refractivity contribution >= 4 is 5.69 Å². The summed E-state index contributed by atoms with van der Waals surface area (Å²) in [6.07, 6.45) is 0. The van der Waals surface area contributed by atoms with Crippen LogP contribution in [0.4, 0.5) is 5.69 Å². The second-order valence-corrected chi connectivity index (χ2v) is 4.51. The Balaban J connectivity index is 1.97. The molecule has 0 aliphatic rings. The van der Waals surface area contributed by atoms with Crippen LogP contribution in [0.5, 0.6) is 5.75 Å². The van der Waals surface area contributed by atoms with Crippen molar-refractivity contribution in [3.05, 3.63) is 59.7 Å². The molecule has 0 spiro atoms. The molecule has 3 nitrogen and oxygen atoms in total. The third kappa shape index (κ3) is 4.00. The molecule has 0 saturated carbocycles. The highest BCUT2D eigenvalue weighted by Gasteiger charge is 2.01. The van der Waals surface area contributed by atoms with Gasteiger partial charge in [0.1, 0.15) is 5.75 Å². The van der Waals surface area contributed by atoms with Gasteiger partial charge in [0.05, 0.1) is 13.2 Å². The highest BCUT2D eigenvalue weighted by Crippen LogP contribution is 2.17. The summed E-state index contributed by atoms with van der Waals surface area (Å²) in [7, 11) is 1.72. The Hall–Kier alpha value is -2.00. The maximum Gasteiger partial charge on any atom is 0.119 e. The second-order valence-electron chi connectivity index (χ2n) is 4.51. The Kier molecular flexibility index (Phi) is 5.44. The quantitative estimate of drug-likeness (QED) is 0.830. The average molecular weight is 271 g/mol. The normalized spacial score (nSPS) is 10.3. The molecular weight excluding hydrogens is 250 g/mol. The molecule has 1 N–H and O–H groups in total. The first kappa shape index (κ1) is 14.4. The van der Waals surface area contributed by atoms with Gasteiger partial charge in [-0.25, -0.2) is 0 Å². The third-order valence-corrected chi connectivity index (χ3v) is 3.07. The Morgan fingerprint density at radius 1 is 0.950 bits per heavy atom. The van der Waals surface area contributed by atoms with E-state index in [-0.39, 0.29) is 0 Å². The van der Waals surface area contributed by atoms with Gasteiger partial charge in [0.25, 0.3) is 0 Å². The molecule has 0 unspecified atom stereocenters. The summed E-state index contributed by atoms with van der Waals surface area (Å²) in [5.41, 5.74) is 3.55. The van der Waals surface area contributed by atoms with E-state index in [1.165, 1.54) is 11.1 Å². The fourth-order valence-corrected chi connectivity index (χ4v) is 2.06. The lowest BCUT2D eigenvalue weighted by Crippen LogP contribution is -2.03. The van der Waals surface area contributed by atoms with Gasteiger partial charge in [0.2, 0.25) is 0 Å². The largest absolute Gasteiger partial charge is 0.494 e. The van der Waals surface area contributed by atoms with Gasteiger partial charge in [0.15, 0.2) is 0 Å². The van der Waals surface area contributed by atoms with Gasteiger partial charge in [-0.05, 0) is 42.3 Å². The Morgan fingerprint density at radius 2 is 1.65 bits per heavy atom. The predicted octanol–water partition coefficient (Wildman–Crippen LogP) is 3.84. The number of hydrogen-bond acceptors (Lipinski definition) is 3. The molecule has 0 aliphatic carbocycles. The molecule has 0 saturated heterocycles. The van der Waals surface area contributed by atoms with Gasteiger partial charge in [0, 0.05) is 19.3 Å². The lowest BCUT2D eigenvalue weighted by atomic mass is 10.1. The fourth-order valence-electron chi connectivity index (χ4n) is 2.06. The first-order valence-corrected chi connectivity index (χ1v) is 6.86. The molecule has 2 aromatic carbocycles. The summed E-state index contributed by atoms with van der Waals surface area (Å²) in [5, 5.41) is 3.42. The van der Waals surface area contributed by atoms with Gasteiger partial charge < -0.3 is 14.8 Å². The second kappa shape index (κ2) is 7.56. The van der Waals surface area contributed by atoms with Crippen molar-refractivity contribution in [3.8, 4) is 5.75 Å². The van der Waals surface area contributed by atoms with Crippen LogP contribution in [0, 0.1) is 0 Å². The lowest BCUT2D eigenvalue weighted by Gasteiger charge is -2.11. The molecule has 20 heavy (non-hydrogen) atoms. The van der Waals surface area contributed by atoms with E-state index in [2.05, 4.69) is 17.4 Å². The number of rotatable bonds is 7. The van der Waals surface area contributed by atoms with Crippen LogP contribution in [0.1, 0.15) is 18.1 Å². The van der Waals surface area contributed by atoms with Crippen LogP contribution in [0.2, 0.25) is 0 Å². The molecule has 0 amide bonds. The van der Waals surface area contributed by atoms with Crippen molar-refractivity contribution in [3.63, 3.8) is 0 Å². The molecule has 106 valence electrons. The van der Waals surface area contributed by atoms with Crippen molar-refractivity contribution in [2.75, 3.05) is 19.0 Å². The summed E-state index contributed by atoms with van der Waals surface area (Å²) < 4.78 is 10.6. The van der Waals surface area contributed by atoms with Crippen LogP contribution in [0.3, 0.4) is 0 Å². The SMILES string of the molecule is CCOc1ccc(NCc2ccccc2COC)cc1. The zero-order chi connectivity index (χ0) is 14.2. The topological polar surface area (TPSA) is 30.5 Å². The summed E-state index contributed by atoms with van der Waals surface area (Å²) >= 11 is 0. The van der Waals surface area contributed by atoms with Gasteiger partial charge in [-0.3, -0.25) is 0 Å². The third-order valence-electron chi connectivity index (χ3n) is 3.07. The predicted molar refractivity (Wildman–Crippen MR) is 82.1 cm³/mol. The molecule has 0 aromatic heterocycles. The molecule has 0 fully saturated rings. The van der Waals surface area contributed by atoms with E-state index in [1.807, 2.05) is 43.3 Å². The molecule has 0 heterocycles. The van der Waals surface area contributed by atoms with Crippen molar-refractivity contribution in [2.24, 2.45) is 0 Å². The molecule has 0 atom stereocenters. The number of nitrogens with one attached hydrogen (secondary N) is 1. The highest BCUT2D eigenvalue weighted by molar-refractivity contribution is 5.47. The molecule has 2 rings (SSSR count). The summed E-state index contributed by atoms with van der Waals surface area (Å²) in [6, 6.07) is 16.3. The minimum atomic E-state index is 0.640. The monoisotopic (exact) mass is 271 g/mol. The Bertz CT molecular complexity index is 523. The van der Waals surface area contributed by atoms with E-state index in [0.29, 0.717) is 13.2 Å². The molecule has 2 aromatic rings. The Morgan fingerprint density at radius 3 is 2.30 bits per heavy atom. The van der Waals surface area contributed by atoms with E-state index in [9.17, 15) is 0 Å². The van der Waals surface area contributed by atoms with Crippen LogP contribution < -0.4 is 10.1 Å². The van der Waals surface area contributed by atoms with Crippen molar-refractivity contribution in [1.29, 1.82) is 0 Å². The maximum atomic E-state index is 5.43. The van der Waals surface area contributed by atoms with E-state index < -0.39 is 0 Å². The van der Waals surface area contributed by atoms with E-state index in [0.717, 1.165) is 18.0 Å². The fraction of sp³-hybridized carbons (Fsp3) is 0.294. The number of hydrogen-bond donors (Lipinski definition) is 1. The van der Waals surface area contributed by atoms with Gasteiger partial charge in [-0.15, -0.1) is 0 Å². The average Bonchev–Trinajstić information content (AvgIpc) is 2.48. The molecule has 3 heteroatoms. The van der Waals surface area contributed by atoms with Gasteiger partial charge >= 0.3 is 0 Å². The number of benzene rings is 2. The van der Waals surface area contributed by atoms with Crippen LogP contribution >= 0.6 is 0 Å². The lowest BCUT2D eigenvalue weighted by molar-refractivity contribution is 0.184. The number of ether oxygens (including phenoxy) is 2. The minimum absolute atomic E-state index is 0.640. The van der Waals surface area contributed by atoms with Crippen molar-refractivity contribution in [1.82, 2.24) is 0 Å². The van der Waals surface area contributed by atoms with Crippen molar-refractivity contribution < 1.29 is 9.47 Å². The first-order chi connectivity index (χ1) is 9.83. The summed E-state index contributed by atoms with van der Waals surface area (Å²) in [5.74, 6) is 0.901. The van der Waals surface area contributed by atoms with Crippen LogP contribution in [0.25, 0.3) is 0 Å². The summed E-state index contributed by atoms with van der Waals surface area (Å²) in [4.78, 5) is 0. The Labute approximate surface area is 120 Å². The first-order valence-electron chi connectivity index (χ1n) is 6.86.